The number of likely N-dealkylation sites (tertiary alicyclic amines) is 1. The standard InChI is InChI=1S/C24H26F2N4O/c1-29(15-17-8-3-2-4-9-17)24(31)18-14-27-28-23(18)22-12-5-6-13-30(22)16-19-20(25)10-7-11-21(19)26/h2-4,7-11,14,22H,5-6,12-13,15-16H2,1H3,(H,27,28)/t22-/m1/s1. The number of rotatable bonds is 6. The van der Waals surface area contributed by atoms with Gasteiger partial charge in [0.2, 0.25) is 0 Å². The number of halogens is 2. The van der Waals surface area contributed by atoms with Crippen molar-refractivity contribution in [2.75, 3.05) is 13.6 Å². The monoisotopic (exact) mass is 424 g/mol. The molecule has 3 aromatic rings. The number of aromatic nitrogens is 2. The first-order chi connectivity index (χ1) is 15.0. The maximum absolute atomic E-state index is 14.2. The molecule has 1 saturated heterocycles. The van der Waals surface area contributed by atoms with Crippen molar-refractivity contribution in [3.05, 3.63) is 88.7 Å². The van der Waals surface area contributed by atoms with Gasteiger partial charge in [0.05, 0.1) is 23.5 Å². The van der Waals surface area contributed by atoms with E-state index in [-0.39, 0.29) is 24.1 Å². The minimum absolute atomic E-state index is 0.0583. The number of nitrogens with one attached hydrogen (secondary N) is 1. The highest BCUT2D eigenvalue weighted by atomic mass is 19.1. The summed E-state index contributed by atoms with van der Waals surface area (Å²) in [7, 11) is 1.76. The zero-order valence-corrected chi connectivity index (χ0v) is 17.5. The molecule has 5 nitrogen and oxygen atoms in total. The van der Waals surface area contributed by atoms with Crippen LogP contribution < -0.4 is 0 Å². The second kappa shape index (κ2) is 9.39. The predicted molar refractivity (Wildman–Crippen MR) is 114 cm³/mol. The van der Waals surface area contributed by atoms with Crippen LogP contribution in [0.25, 0.3) is 0 Å². The Morgan fingerprint density at radius 1 is 1.13 bits per heavy atom. The van der Waals surface area contributed by atoms with E-state index in [0.29, 0.717) is 24.3 Å². The molecule has 2 aromatic carbocycles. The van der Waals surface area contributed by atoms with E-state index in [2.05, 4.69) is 10.2 Å². The topological polar surface area (TPSA) is 52.2 Å². The van der Waals surface area contributed by atoms with Crippen LogP contribution in [0.2, 0.25) is 0 Å². The van der Waals surface area contributed by atoms with Gasteiger partial charge in [0.15, 0.2) is 0 Å². The van der Waals surface area contributed by atoms with E-state index >= 15 is 0 Å². The second-order valence-corrected chi connectivity index (χ2v) is 8.03. The Labute approximate surface area is 180 Å². The summed E-state index contributed by atoms with van der Waals surface area (Å²) in [5, 5.41) is 7.13. The maximum Gasteiger partial charge on any atom is 0.257 e. The quantitative estimate of drug-likeness (QED) is 0.625. The smallest absolute Gasteiger partial charge is 0.257 e. The summed E-state index contributed by atoms with van der Waals surface area (Å²) in [5.74, 6) is -1.23. The molecule has 0 bridgehead atoms. The zero-order valence-electron chi connectivity index (χ0n) is 17.5. The van der Waals surface area contributed by atoms with Gasteiger partial charge in [-0.05, 0) is 37.1 Å². The molecular formula is C24H26F2N4O. The van der Waals surface area contributed by atoms with Crippen molar-refractivity contribution >= 4 is 5.91 Å². The van der Waals surface area contributed by atoms with Gasteiger partial charge in [0, 0.05) is 25.7 Å². The van der Waals surface area contributed by atoms with Gasteiger partial charge >= 0.3 is 0 Å². The SMILES string of the molecule is CN(Cc1ccccc1)C(=O)c1cn[nH]c1[C@H]1CCCCN1Cc1c(F)cccc1F. The Morgan fingerprint density at radius 2 is 1.87 bits per heavy atom. The molecule has 0 saturated carbocycles. The fourth-order valence-electron chi connectivity index (χ4n) is 4.25. The van der Waals surface area contributed by atoms with Gasteiger partial charge < -0.3 is 4.90 Å². The minimum atomic E-state index is -0.548. The maximum atomic E-state index is 14.2. The van der Waals surface area contributed by atoms with Crippen molar-refractivity contribution in [2.24, 2.45) is 0 Å². The molecule has 31 heavy (non-hydrogen) atoms. The first kappa shape index (κ1) is 21.2. The molecule has 1 aromatic heterocycles. The summed E-state index contributed by atoms with van der Waals surface area (Å²) >= 11 is 0. The Bertz CT molecular complexity index is 1020. The van der Waals surface area contributed by atoms with E-state index in [1.54, 1.807) is 18.1 Å². The number of amides is 1. The number of hydrogen-bond donors (Lipinski definition) is 1. The lowest BCUT2D eigenvalue weighted by Gasteiger charge is -2.35. The Kier molecular flexibility index (Phi) is 6.42. The highest BCUT2D eigenvalue weighted by Gasteiger charge is 2.31. The number of piperidine rings is 1. The number of carbonyl (C=O) groups is 1. The predicted octanol–water partition coefficient (Wildman–Crippen LogP) is 4.69. The Balaban J connectivity index is 1.56. The van der Waals surface area contributed by atoms with Crippen LogP contribution >= 0.6 is 0 Å². The van der Waals surface area contributed by atoms with Gasteiger partial charge in [0.1, 0.15) is 11.6 Å². The molecule has 2 heterocycles. The van der Waals surface area contributed by atoms with Crippen LogP contribution in [-0.2, 0) is 13.1 Å². The number of benzene rings is 2. The molecule has 1 N–H and O–H groups in total. The summed E-state index contributed by atoms with van der Waals surface area (Å²) in [6, 6.07) is 13.6. The summed E-state index contributed by atoms with van der Waals surface area (Å²) in [5.41, 5.74) is 2.31. The highest BCUT2D eigenvalue weighted by molar-refractivity contribution is 5.95. The molecule has 4 rings (SSSR count). The molecule has 0 aliphatic carbocycles. The lowest BCUT2D eigenvalue weighted by Crippen LogP contribution is -2.35. The normalized spacial score (nSPS) is 16.9. The molecule has 0 unspecified atom stereocenters. The average Bonchev–Trinajstić information content (AvgIpc) is 3.26. The molecular weight excluding hydrogens is 398 g/mol. The molecule has 1 aliphatic heterocycles. The fraction of sp³-hybridized carbons (Fsp3) is 0.333. The van der Waals surface area contributed by atoms with Crippen LogP contribution in [0.5, 0.6) is 0 Å². The molecule has 0 spiro atoms. The largest absolute Gasteiger partial charge is 0.337 e. The second-order valence-electron chi connectivity index (χ2n) is 8.03. The van der Waals surface area contributed by atoms with Crippen molar-refractivity contribution in [3.63, 3.8) is 0 Å². The molecule has 1 aliphatic rings. The van der Waals surface area contributed by atoms with E-state index in [9.17, 15) is 13.6 Å². The van der Waals surface area contributed by atoms with Gasteiger partial charge in [-0.15, -0.1) is 0 Å². The van der Waals surface area contributed by atoms with Crippen molar-refractivity contribution in [1.29, 1.82) is 0 Å². The van der Waals surface area contributed by atoms with E-state index < -0.39 is 11.6 Å². The number of aromatic amines is 1. The molecule has 162 valence electrons. The lowest BCUT2D eigenvalue weighted by molar-refractivity contribution is 0.0776. The van der Waals surface area contributed by atoms with Gasteiger partial charge in [-0.25, -0.2) is 8.78 Å². The van der Waals surface area contributed by atoms with Crippen LogP contribution in [-0.4, -0.2) is 39.5 Å². The first-order valence-electron chi connectivity index (χ1n) is 10.5. The molecule has 0 radical (unpaired) electrons. The number of hydrogen-bond acceptors (Lipinski definition) is 3. The highest BCUT2D eigenvalue weighted by Crippen LogP contribution is 2.34. The van der Waals surface area contributed by atoms with Gasteiger partial charge in [-0.3, -0.25) is 14.8 Å². The van der Waals surface area contributed by atoms with Crippen molar-refractivity contribution in [3.8, 4) is 0 Å². The minimum Gasteiger partial charge on any atom is -0.337 e. The summed E-state index contributed by atoms with van der Waals surface area (Å²) in [6.45, 7) is 1.33. The molecule has 1 amide bonds. The third-order valence-electron chi connectivity index (χ3n) is 5.88. The third-order valence-corrected chi connectivity index (χ3v) is 5.88. The number of carbonyl (C=O) groups excluding carboxylic acids is 1. The first-order valence-corrected chi connectivity index (χ1v) is 10.5. The van der Waals surface area contributed by atoms with Crippen LogP contribution in [0.3, 0.4) is 0 Å². The Hall–Kier alpha value is -3.06. The molecule has 1 atom stereocenters. The number of nitrogens with zero attached hydrogens (tertiary/aromatic N) is 3. The van der Waals surface area contributed by atoms with Gasteiger partial charge in [-0.2, -0.15) is 5.10 Å². The Morgan fingerprint density at radius 3 is 2.61 bits per heavy atom. The van der Waals surface area contributed by atoms with E-state index in [1.807, 2.05) is 35.2 Å². The van der Waals surface area contributed by atoms with E-state index in [0.717, 1.165) is 24.8 Å². The van der Waals surface area contributed by atoms with Gasteiger partial charge in [-0.1, -0.05) is 42.8 Å². The van der Waals surface area contributed by atoms with E-state index in [1.165, 1.54) is 18.2 Å². The summed E-state index contributed by atoms with van der Waals surface area (Å²) in [6.07, 6.45) is 4.27. The van der Waals surface area contributed by atoms with Crippen LogP contribution in [0.15, 0.2) is 54.7 Å². The van der Waals surface area contributed by atoms with Crippen molar-refractivity contribution < 1.29 is 13.6 Å². The summed E-state index contributed by atoms with van der Waals surface area (Å²) in [4.78, 5) is 16.9. The van der Waals surface area contributed by atoms with Crippen LogP contribution in [0.4, 0.5) is 8.78 Å². The van der Waals surface area contributed by atoms with Crippen molar-refractivity contribution in [2.45, 2.75) is 38.4 Å². The van der Waals surface area contributed by atoms with Crippen LogP contribution in [0, 0.1) is 11.6 Å². The summed E-state index contributed by atoms with van der Waals surface area (Å²) < 4.78 is 28.5. The number of H-pyrrole nitrogens is 1. The van der Waals surface area contributed by atoms with Crippen LogP contribution in [0.1, 0.15) is 52.5 Å². The van der Waals surface area contributed by atoms with E-state index in [4.69, 9.17) is 0 Å². The van der Waals surface area contributed by atoms with Crippen molar-refractivity contribution in [1.82, 2.24) is 20.0 Å². The van der Waals surface area contributed by atoms with Gasteiger partial charge in [0.25, 0.3) is 5.91 Å². The third kappa shape index (κ3) is 4.66. The fourth-order valence-corrected chi connectivity index (χ4v) is 4.25. The lowest BCUT2D eigenvalue weighted by atomic mass is 9.95. The average molecular weight is 424 g/mol. The molecule has 7 heteroatoms. The molecule has 1 fully saturated rings. The zero-order chi connectivity index (χ0) is 21.8.